The number of ether oxygens (including phenoxy) is 2. The minimum atomic E-state index is -0.382. The van der Waals surface area contributed by atoms with E-state index < -0.39 is 0 Å². The Balaban J connectivity index is 1.77. The van der Waals surface area contributed by atoms with Crippen LogP contribution in [0, 0.1) is 10.1 Å². The van der Waals surface area contributed by atoms with Crippen LogP contribution in [0.2, 0.25) is 0 Å². The second kappa shape index (κ2) is 7.97. The normalized spacial score (nSPS) is 15.2. The zero-order valence-electron chi connectivity index (χ0n) is 16.4. The Labute approximate surface area is 169 Å². The molecule has 0 fully saturated rings. The number of rotatable bonds is 6. The molecule has 0 aliphatic carbocycles. The van der Waals surface area contributed by atoms with Crippen LogP contribution in [0.4, 0.5) is 5.69 Å². The SMILES string of the molecule is CCOc1cc2c(cc1OCC)-n1cccc1C(c1ccc([N+](=O)[O-])cc1)NC2. The van der Waals surface area contributed by atoms with Gasteiger partial charge in [-0.25, -0.2) is 0 Å². The molecule has 1 N–H and O–H groups in total. The van der Waals surface area contributed by atoms with Gasteiger partial charge in [0.05, 0.1) is 29.9 Å². The predicted molar refractivity (Wildman–Crippen MR) is 110 cm³/mol. The highest BCUT2D eigenvalue weighted by atomic mass is 16.6. The zero-order chi connectivity index (χ0) is 20.4. The van der Waals surface area contributed by atoms with E-state index >= 15 is 0 Å². The van der Waals surface area contributed by atoms with Crippen molar-refractivity contribution in [2.45, 2.75) is 26.4 Å². The average Bonchev–Trinajstić information content (AvgIpc) is 3.14. The minimum absolute atomic E-state index is 0.0868. The number of nitro benzene ring substituents is 1. The molecule has 0 saturated heterocycles. The summed E-state index contributed by atoms with van der Waals surface area (Å²) < 4.78 is 13.7. The van der Waals surface area contributed by atoms with Gasteiger partial charge in [0.25, 0.3) is 5.69 Å². The smallest absolute Gasteiger partial charge is 0.269 e. The Bertz CT molecular complexity index is 1030. The van der Waals surface area contributed by atoms with Crippen molar-refractivity contribution in [2.24, 2.45) is 0 Å². The van der Waals surface area contributed by atoms with Crippen molar-refractivity contribution in [3.63, 3.8) is 0 Å². The van der Waals surface area contributed by atoms with Gasteiger partial charge in [-0.3, -0.25) is 10.1 Å². The number of fused-ring (bicyclic) bond motifs is 3. The Morgan fingerprint density at radius 1 is 1.10 bits per heavy atom. The van der Waals surface area contributed by atoms with E-state index in [4.69, 9.17) is 9.47 Å². The summed E-state index contributed by atoms with van der Waals surface area (Å²) in [4.78, 5) is 10.6. The van der Waals surface area contributed by atoms with Gasteiger partial charge in [-0.05, 0) is 43.2 Å². The minimum Gasteiger partial charge on any atom is -0.490 e. The number of benzene rings is 2. The third-order valence-corrected chi connectivity index (χ3v) is 5.01. The molecule has 7 heteroatoms. The van der Waals surface area contributed by atoms with Crippen molar-refractivity contribution >= 4 is 5.69 Å². The second-order valence-electron chi connectivity index (χ2n) is 6.76. The fourth-order valence-electron chi connectivity index (χ4n) is 3.74. The van der Waals surface area contributed by atoms with Gasteiger partial charge in [0.2, 0.25) is 0 Å². The molecule has 1 aromatic heterocycles. The van der Waals surface area contributed by atoms with Crippen LogP contribution in [0.15, 0.2) is 54.7 Å². The largest absolute Gasteiger partial charge is 0.490 e. The Morgan fingerprint density at radius 2 is 1.79 bits per heavy atom. The van der Waals surface area contributed by atoms with E-state index in [2.05, 4.69) is 16.0 Å². The fourth-order valence-corrected chi connectivity index (χ4v) is 3.74. The number of non-ortho nitro benzene ring substituents is 1. The van der Waals surface area contributed by atoms with Gasteiger partial charge in [0, 0.05) is 36.6 Å². The number of hydrogen-bond acceptors (Lipinski definition) is 5. The number of nitro groups is 1. The Kier molecular flexibility index (Phi) is 5.22. The average molecular weight is 393 g/mol. The highest BCUT2D eigenvalue weighted by Crippen LogP contribution is 2.37. The molecule has 0 bridgehead atoms. The van der Waals surface area contributed by atoms with Crippen LogP contribution < -0.4 is 14.8 Å². The molecular formula is C22H23N3O4. The van der Waals surface area contributed by atoms with E-state index in [1.807, 2.05) is 38.2 Å². The summed E-state index contributed by atoms with van der Waals surface area (Å²) in [6, 6.07) is 14.7. The summed E-state index contributed by atoms with van der Waals surface area (Å²) in [5.74, 6) is 1.46. The van der Waals surface area contributed by atoms with E-state index in [9.17, 15) is 10.1 Å². The maximum absolute atomic E-state index is 11.0. The first-order valence-electron chi connectivity index (χ1n) is 9.70. The molecule has 0 amide bonds. The summed E-state index contributed by atoms with van der Waals surface area (Å²) in [5, 5.41) is 14.6. The standard InChI is InChI=1S/C22H23N3O4/c1-3-28-20-12-16-14-23-22(15-7-9-17(10-8-15)25(26)27)18-6-5-11-24(18)19(16)13-21(20)29-4-2/h5-13,22-23H,3-4,14H2,1-2H3. The van der Waals surface area contributed by atoms with Crippen LogP contribution in [0.1, 0.15) is 36.7 Å². The highest BCUT2D eigenvalue weighted by Gasteiger charge is 2.25. The summed E-state index contributed by atoms with van der Waals surface area (Å²) in [6.07, 6.45) is 2.02. The van der Waals surface area contributed by atoms with Crippen molar-refractivity contribution in [3.8, 4) is 17.2 Å². The van der Waals surface area contributed by atoms with E-state index in [0.29, 0.717) is 19.8 Å². The van der Waals surface area contributed by atoms with Gasteiger partial charge in [0.1, 0.15) is 0 Å². The number of nitrogens with zero attached hydrogens (tertiary/aromatic N) is 2. The van der Waals surface area contributed by atoms with E-state index in [-0.39, 0.29) is 16.7 Å². The lowest BCUT2D eigenvalue weighted by Gasteiger charge is -2.18. The highest BCUT2D eigenvalue weighted by molar-refractivity contribution is 5.56. The molecule has 4 rings (SSSR count). The van der Waals surface area contributed by atoms with Crippen LogP contribution >= 0.6 is 0 Å². The molecule has 1 aliphatic rings. The first-order valence-corrected chi connectivity index (χ1v) is 9.70. The van der Waals surface area contributed by atoms with Crippen molar-refractivity contribution in [2.75, 3.05) is 13.2 Å². The van der Waals surface area contributed by atoms with Gasteiger partial charge in [-0.2, -0.15) is 0 Å². The van der Waals surface area contributed by atoms with Gasteiger partial charge in [-0.15, -0.1) is 0 Å². The molecule has 150 valence electrons. The van der Waals surface area contributed by atoms with E-state index in [1.54, 1.807) is 24.3 Å². The molecule has 0 spiro atoms. The number of nitrogens with one attached hydrogen (secondary N) is 1. The molecule has 0 saturated carbocycles. The van der Waals surface area contributed by atoms with E-state index in [0.717, 1.165) is 34.0 Å². The Morgan fingerprint density at radius 3 is 2.45 bits per heavy atom. The van der Waals surface area contributed by atoms with Crippen LogP contribution in [0.5, 0.6) is 11.5 Å². The van der Waals surface area contributed by atoms with Crippen molar-refractivity contribution in [3.05, 3.63) is 81.7 Å². The molecule has 0 radical (unpaired) electrons. The third-order valence-electron chi connectivity index (χ3n) is 5.01. The van der Waals surface area contributed by atoms with Gasteiger partial charge < -0.3 is 19.4 Å². The van der Waals surface area contributed by atoms with Crippen LogP contribution in [0.3, 0.4) is 0 Å². The fraction of sp³-hybridized carbons (Fsp3) is 0.273. The molecule has 2 aromatic carbocycles. The Hall–Kier alpha value is -3.32. The van der Waals surface area contributed by atoms with Crippen LogP contribution in [-0.4, -0.2) is 22.7 Å². The maximum atomic E-state index is 11.0. The first kappa shape index (κ1) is 19.0. The summed E-state index contributed by atoms with van der Waals surface area (Å²) >= 11 is 0. The molecule has 29 heavy (non-hydrogen) atoms. The van der Waals surface area contributed by atoms with Gasteiger partial charge >= 0.3 is 0 Å². The molecule has 7 nitrogen and oxygen atoms in total. The summed E-state index contributed by atoms with van der Waals surface area (Å²) in [6.45, 7) is 5.65. The monoisotopic (exact) mass is 393 g/mol. The quantitative estimate of drug-likeness (QED) is 0.497. The molecular weight excluding hydrogens is 370 g/mol. The predicted octanol–water partition coefficient (Wildman–Crippen LogP) is 4.38. The van der Waals surface area contributed by atoms with Crippen molar-refractivity contribution < 1.29 is 14.4 Å². The summed E-state index contributed by atoms with van der Waals surface area (Å²) in [7, 11) is 0. The van der Waals surface area contributed by atoms with E-state index in [1.165, 1.54) is 0 Å². The van der Waals surface area contributed by atoms with Crippen LogP contribution in [-0.2, 0) is 6.54 Å². The first-order chi connectivity index (χ1) is 14.1. The lowest BCUT2D eigenvalue weighted by atomic mass is 10.0. The lowest BCUT2D eigenvalue weighted by molar-refractivity contribution is -0.384. The van der Waals surface area contributed by atoms with Crippen molar-refractivity contribution in [1.82, 2.24) is 9.88 Å². The third kappa shape index (κ3) is 3.56. The lowest BCUT2D eigenvalue weighted by Crippen LogP contribution is -2.21. The molecule has 3 aromatic rings. The summed E-state index contributed by atoms with van der Waals surface area (Å²) in [5.41, 5.74) is 4.25. The topological polar surface area (TPSA) is 78.6 Å². The number of hydrogen-bond donors (Lipinski definition) is 1. The van der Waals surface area contributed by atoms with Crippen molar-refractivity contribution in [1.29, 1.82) is 0 Å². The van der Waals surface area contributed by atoms with Crippen LogP contribution in [0.25, 0.3) is 5.69 Å². The molecule has 1 aliphatic heterocycles. The van der Waals surface area contributed by atoms with Gasteiger partial charge in [-0.1, -0.05) is 12.1 Å². The maximum Gasteiger partial charge on any atom is 0.269 e. The molecule has 1 unspecified atom stereocenters. The molecule has 1 atom stereocenters. The zero-order valence-corrected chi connectivity index (χ0v) is 16.4. The molecule has 2 heterocycles. The number of aromatic nitrogens is 1. The second-order valence-corrected chi connectivity index (χ2v) is 6.76. The van der Waals surface area contributed by atoms with Gasteiger partial charge in [0.15, 0.2) is 11.5 Å².